The first kappa shape index (κ1) is 10.3. The number of likely N-dealkylation sites (N-methyl/N-ethyl adjacent to an activating group) is 1. The molecule has 2 atom stereocenters. The fourth-order valence-electron chi connectivity index (χ4n) is 3.36. The van der Waals surface area contributed by atoms with Crippen molar-refractivity contribution in [2.75, 3.05) is 7.05 Å². The molecule has 18 heavy (non-hydrogen) atoms. The van der Waals surface area contributed by atoms with Gasteiger partial charge in [0.05, 0.1) is 18.9 Å². The molecule has 2 unspecified atom stereocenters. The minimum Gasteiger partial charge on any atom is -0.234 e. The lowest BCUT2D eigenvalue weighted by Gasteiger charge is -2.41. The number of rotatable bonds is 0. The molecule has 1 radical (unpaired) electrons. The second-order valence-electron chi connectivity index (χ2n) is 5.12. The van der Waals surface area contributed by atoms with Crippen molar-refractivity contribution in [1.82, 2.24) is 14.0 Å². The standard InChI is InChI=1S/C14H13N3S/c1-17-9-5-4-8-14(17)7-3-2-6-11(14)16-12(18)10-15-13(16)17/h2-6,8-10H,7H2,1H3/q+1. The molecule has 0 bridgehead atoms. The summed E-state index contributed by atoms with van der Waals surface area (Å²) in [6.45, 7) is 0. The molecule has 1 spiro atoms. The van der Waals surface area contributed by atoms with Crippen LogP contribution in [0.5, 0.6) is 0 Å². The Bertz CT molecular complexity index is 665. The molecule has 0 saturated heterocycles. The Morgan fingerprint density at radius 1 is 1.39 bits per heavy atom. The van der Waals surface area contributed by atoms with Gasteiger partial charge in [0.1, 0.15) is 11.2 Å². The van der Waals surface area contributed by atoms with E-state index in [1.165, 1.54) is 5.70 Å². The smallest absolute Gasteiger partial charge is 0.234 e. The normalized spacial score (nSPS) is 35.1. The predicted octanol–water partition coefficient (Wildman–Crippen LogP) is 3.01. The molecule has 3 heterocycles. The molecule has 0 N–H and O–H groups in total. The zero-order chi connectivity index (χ0) is 12.4. The number of nitrogens with zero attached hydrogens (tertiary/aromatic N) is 3. The summed E-state index contributed by atoms with van der Waals surface area (Å²) >= 11 is 5.43. The van der Waals surface area contributed by atoms with Crippen LogP contribution < -0.4 is 4.48 Å². The highest BCUT2D eigenvalue weighted by Gasteiger charge is 2.60. The van der Waals surface area contributed by atoms with Gasteiger partial charge in [0.25, 0.3) is 0 Å². The first-order valence-corrected chi connectivity index (χ1v) is 6.46. The molecule has 1 aliphatic carbocycles. The maximum absolute atomic E-state index is 5.43. The van der Waals surface area contributed by atoms with Crippen molar-refractivity contribution in [2.45, 2.75) is 17.0 Å². The summed E-state index contributed by atoms with van der Waals surface area (Å²) in [6.07, 6.45) is 18.0. The van der Waals surface area contributed by atoms with Gasteiger partial charge in [0.15, 0.2) is 5.54 Å². The topological polar surface area (TPSA) is 17.8 Å². The Morgan fingerprint density at radius 2 is 2.28 bits per heavy atom. The average Bonchev–Trinajstić information content (AvgIpc) is 2.86. The van der Waals surface area contributed by atoms with Crippen LogP contribution in [0.3, 0.4) is 0 Å². The predicted molar refractivity (Wildman–Crippen MR) is 74.8 cm³/mol. The lowest BCUT2D eigenvalue weighted by molar-refractivity contribution is 0.311. The summed E-state index contributed by atoms with van der Waals surface area (Å²) in [6, 6.07) is 0. The molecule has 4 heteroatoms. The first-order chi connectivity index (χ1) is 8.69. The van der Waals surface area contributed by atoms with Gasteiger partial charge in [-0.25, -0.2) is 9.05 Å². The number of quaternary nitrogens is 1. The molecule has 89 valence electrons. The van der Waals surface area contributed by atoms with Crippen LogP contribution >= 0.6 is 12.6 Å². The molecule has 0 aromatic carbocycles. The van der Waals surface area contributed by atoms with E-state index in [2.05, 4.69) is 59.3 Å². The van der Waals surface area contributed by atoms with Crippen molar-refractivity contribution in [1.29, 1.82) is 0 Å². The van der Waals surface area contributed by atoms with Gasteiger partial charge in [-0.2, -0.15) is 4.98 Å². The Balaban J connectivity index is 2.12. The van der Waals surface area contributed by atoms with Gasteiger partial charge in [-0.15, -0.1) is 0 Å². The van der Waals surface area contributed by atoms with E-state index in [0.717, 1.165) is 17.4 Å². The highest BCUT2D eigenvalue weighted by molar-refractivity contribution is 7.80. The fraction of sp³-hybridized carbons (Fsp3) is 0.214. The van der Waals surface area contributed by atoms with Gasteiger partial charge >= 0.3 is 5.95 Å². The molecule has 1 aromatic rings. The molecule has 2 aliphatic heterocycles. The Morgan fingerprint density at radius 3 is 3.17 bits per heavy atom. The molecule has 0 fully saturated rings. The fourth-order valence-corrected chi connectivity index (χ4v) is 3.59. The third-order valence-electron chi connectivity index (χ3n) is 4.33. The van der Waals surface area contributed by atoms with Gasteiger partial charge in [-0.3, -0.25) is 0 Å². The SMILES string of the molecule is C[N+]12C=CC=CC13CC=CC=C3n1c([S])cnc12. The highest BCUT2D eigenvalue weighted by Crippen LogP contribution is 2.53. The molecular formula is C14H13N3S+. The quantitative estimate of drug-likeness (QED) is 0.652. The molecule has 4 rings (SSSR count). The maximum Gasteiger partial charge on any atom is 0.320 e. The number of allylic oxidation sites excluding steroid dienone is 4. The van der Waals surface area contributed by atoms with Gasteiger partial charge < -0.3 is 0 Å². The molecule has 1 aromatic heterocycles. The van der Waals surface area contributed by atoms with Gasteiger partial charge in [0, 0.05) is 6.42 Å². The van der Waals surface area contributed by atoms with Crippen LogP contribution in [0.4, 0.5) is 5.95 Å². The number of hydrogen-bond acceptors (Lipinski definition) is 1. The van der Waals surface area contributed by atoms with E-state index in [1.54, 1.807) is 6.20 Å². The Hall–Kier alpha value is -1.65. The van der Waals surface area contributed by atoms with Crippen molar-refractivity contribution in [3.8, 4) is 0 Å². The third kappa shape index (κ3) is 0.899. The minimum atomic E-state index is -0.0688. The zero-order valence-electron chi connectivity index (χ0n) is 10.1. The second-order valence-corrected chi connectivity index (χ2v) is 5.53. The van der Waals surface area contributed by atoms with E-state index in [-0.39, 0.29) is 5.54 Å². The third-order valence-corrected chi connectivity index (χ3v) is 4.61. The number of imidazole rings is 1. The van der Waals surface area contributed by atoms with Crippen LogP contribution in [0.15, 0.2) is 53.9 Å². The van der Waals surface area contributed by atoms with Crippen molar-refractivity contribution in [3.63, 3.8) is 0 Å². The maximum atomic E-state index is 5.43. The summed E-state index contributed by atoms with van der Waals surface area (Å²) in [7, 11) is 2.20. The van der Waals surface area contributed by atoms with Crippen LogP contribution in [0.2, 0.25) is 0 Å². The van der Waals surface area contributed by atoms with E-state index in [1.807, 2.05) is 0 Å². The van der Waals surface area contributed by atoms with Crippen molar-refractivity contribution in [2.24, 2.45) is 0 Å². The second kappa shape index (κ2) is 3.02. The van der Waals surface area contributed by atoms with E-state index < -0.39 is 0 Å². The van der Waals surface area contributed by atoms with E-state index in [0.29, 0.717) is 4.48 Å². The van der Waals surface area contributed by atoms with Crippen molar-refractivity contribution < 1.29 is 0 Å². The minimum absolute atomic E-state index is 0.0688. The summed E-state index contributed by atoms with van der Waals surface area (Å²) in [5.41, 5.74) is 1.17. The molecule has 0 saturated carbocycles. The zero-order valence-corrected chi connectivity index (χ0v) is 10.9. The number of fused-ring (bicyclic) bond motifs is 3. The van der Waals surface area contributed by atoms with E-state index >= 15 is 0 Å². The van der Waals surface area contributed by atoms with E-state index in [4.69, 9.17) is 12.6 Å². The summed E-state index contributed by atoms with van der Waals surface area (Å²) in [5, 5.41) is 0.793. The van der Waals surface area contributed by atoms with Crippen molar-refractivity contribution >= 4 is 24.3 Å². The van der Waals surface area contributed by atoms with Crippen LogP contribution in [-0.2, 0) is 0 Å². The first-order valence-electron chi connectivity index (χ1n) is 6.05. The average molecular weight is 255 g/mol. The lowest BCUT2D eigenvalue weighted by Crippen LogP contribution is -2.57. The van der Waals surface area contributed by atoms with Crippen LogP contribution in [0, 0.1) is 0 Å². The van der Waals surface area contributed by atoms with Gasteiger partial charge in [-0.1, -0.05) is 30.9 Å². The Labute approximate surface area is 111 Å². The number of aromatic nitrogens is 2. The summed E-state index contributed by atoms with van der Waals surface area (Å²) in [4.78, 5) is 4.55. The van der Waals surface area contributed by atoms with Crippen LogP contribution in [-0.4, -0.2) is 22.1 Å². The molecule has 0 amide bonds. The molecular weight excluding hydrogens is 242 g/mol. The van der Waals surface area contributed by atoms with E-state index in [9.17, 15) is 0 Å². The van der Waals surface area contributed by atoms with Crippen LogP contribution in [0.1, 0.15) is 6.42 Å². The van der Waals surface area contributed by atoms with Gasteiger partial charge in [-0.05, 0) is 18.2 Å². The number of hydrogen-bond donors (Lipinski definition) is 0. The summed E-state index contributed by atoms with van der Waals surface area (Å²) < 4.78 is 2.80. The molecule has 3 nitrogen and oxygen atoms in total. The largest absolute Gasteiger partial charge is 0.320 e. The Kier molecular flexibility index (Phi) is 1.73. The molecule has 3 aliphatic rings. The monoisotopic (exact) mass is 255 g/mol. The van der Waals surface area contributed by atoms with Crippen LogP contribution in [0.25, 0.3) is 5.70 Å². The highest BCUT2D eigenvalue weighted by atomic mass is 32.1. The summed E-state index contributed by atoms with van der Waals surface area (Å²) in [5.74, 6) is 1.01. The van der Waals surface area contributed by atoms with Crippen molar-refractivity contribution in [3.05, 3.63) is 48.9 Å². The lowest BCUT2D eigenvalue weighted by atomic mass is 9.83. The van der Waals surface area contributed by atoms with Gasteiger partial charge in [0.2, 0.25) is 0 Å².